The van der Waals surface area contributed by atoms with Gasteiger partial charge >= 0.3 is 0 Å². The largest absolute Gasteiger partial charge is 0.321 e. The van der Waals surface area contributed by atoms with Gasteiger partial charge in [-0.1, -0.05) is 17.7 Å². The minimum atomic E-state index is -0.324. The van der Waals surface area contributed by atoms with Gasteiger partial charge in [0.25, 0.3) is 17.3 Å². The number of aromatic nitrogens is 5. The molecule has 0 unspecified atom stereocenters. The van der Waals surface area contributed by atoms with Gasteiger partial charge in [0.1, 0.15) is 29.6 Å². The second kappa shape index (κ2) is 7.53. The Morgan fingerprint density at radius 3 is 2.83 bits per heavy atom. The van der Waals surface area contributed by atoms with E-state index in [4.69, 9.17) is 5.26 Å². The Morgan fingerprint density at radius 2 is 2.13 bits per heavy atom. The lowest BCUT2D eigenvalue weighted by atomic mass is 10.1. The van der Waals surface area contributed by atoms with E-state index in [9.17, 15) is 9.59 Å². The summed E-state index contributed by atoms with van der Waals surface area (Å²) in [6.45, 7) is 5.81. The molecule has 0 saturated heterocycles. The van der Waals surface area contributed by atoms with Gasteiger partial charge < -0.3 is 10.3 Å². The fourth-order valence-electron chi connectivity index (χ4n) is 3.19. The summed E-state index contributed by atoms with van der Waals surface area (Å²) < 4.78 is 1.41. The molecule has 3 aromatic heterocycles. The normalized spacial score (nSPS) is 10.9. The molecule has 9 nitrogen and oxygen atoms in total. The molecule has 150 valence electrons. The molecule has 0 aliphatic rings. The zero-order valence-electron chi connectivity index (χ0n) is 16.5. The number of H-pyrrole nitrogens is 1. The Kier molecular flexibility index (Phi) is 4.89. The summed E-state index contributed by atoms with van der Waals surface area (Å²) >= 11 is 1.17. The van der Waals surface area contributed by atoms with Crippen molar-refractivity contribution in [3.63, 3.8) is 0 Å². The first kappa shape index (κ1) is 19.5. The molecule has 4 aromatic rings. The Hall–Kier alpha value is -3.84. The van der Waals surface area contributed by atoms with Gasteiger partial charge in [-0.3, -0.25) is 9.59 Å². The monoisotopic (exact) mass is 419 g/mol. The molecular formula is C20H17N7O2S. The number of aryl methyl sites for hydroxylation is 3. The number of nitriles is 1. The van der Waals surface area contributed by atoms with E-state index in [0.717, 1.165) is 16.8 Å². The van der Waals surface area contributed by atoms with Gasteiger partial charge in [-0.05, 0) is 38.0 Å². The lowest BCUT2D eigenvalue weighted by molar-refractivity contribution is 0.103. The summed E-state index contributed by atoms with van der Waals surface area (Å²) in [7, 11) is 0. The highest BCUT2D eigenvalue weighted by molar-refractivity contribution is 7.20. The van der Waals surface area contributed by atoms with Crippen molar-refractivity contribution in [1.82, 2.24) is 24.7 Å². The molecule has 0 radical (unpaired) electrons. The third-order valence-corrected chi connectivity index (χ3v) is 5.82. The Morgan fingerprint density at radius 1 is 1.33 bits per heavy atom. The van der Waals surface area contributed by atoms with E-state index in [2.05, 4.69) is 25.4 Å². The first-order valence-corrected chi connectivity index (χ1v) is 9.88. The highest BCUT2D eigenvalue weighted by atomic mass is 32.1. The van der Waals surface area contributed by atoms with Crippen molar-refractivity contribution in [2.24, 2.45) is 0 Å². The number of hydrogen-bond acceptors (Lipinski definition) is 7. The number of thiophene rings is 1. The van der Waals surface area contributed by atoms with E-state index in [1.165, 1.54) is 22.3 Å². The van der Waals surface area contributed by atoms with Gasteiger partial charge in [0.15, 0.2) is 0 Å². The molecule has 4 rings (SSSR count). The molecule has 0 fully saturated rings. The SMILES string of the molecule is Cc1ccc(NC(=O)c2sc3nc(Cn4cnc(C#N)n4)[nH]c(=O)c3c2C)c(C)c1. The zero-order valence-corrected chi connectivity index (χ0v) is 17.3. The lowest BCUT2D eigenvalue weighted by Gasteiger charge is -2.08. The smallest absolute Gasteiger partial charge is 0.266 e. The summed E-state index contributed by atoms with van der Waals surface area (Å²) in [6, 6.07) is 7.63. The Labute approximate surface area is 175 Å². The third kappa shape index (κ3) is 3.58. The van der Waals surface area contributed by atoms with Gasteiger partial charge in [0.2, 0.25) is 0 Å². The van der Waals surface area contributed by atoms with E-state index in [-0.39, 0.29) is 23.8 Å². The van der Waals surface area contributed by atoms with Crippen molar-refractivity contribution in [3.05, 3.63) is 68.1 Å². The summed E-state index contributed by atoms with van der Waals surface area (Å²) in [6.07, 6.45) is 1.39. The molecule has 0 saturated carbocycles. The molecule has 0 aliphatic carbocycles. The van der Waals surface area contributed by atoms with Crippen molar-refractivity contribution in [2.45, 2.75) is 27.3 Å². The number of fused-ring (bicyclic) bond motifs is 1. The van der Waals surface area contributed by atoms with E-state index in [0.29, 0.717) is 26.5 Å². The zero-order chi connectivity index (χ0) is 21.4. The van der Waals surface area contributed by atoms with Gasteiger partial charge in [-0.25, -0.2) is 14.6 Å². The van der Waals surface area contributed by atoms with E-state index < -0.39 is 0 Å². The van der Waals surface area contributed by atoms with Crippen LogP contribution in [0.3, 0.4) is 0 Å². The fraction of sp³-hybridized carbons (Fsp3) is 0.200. The maximum Gasteiger partial charge on any atom is 0.266 e. The van der Waals surface area contributed by atoms with Crippen LogP contribution in [-0.4, -0.2) is 30.6 Å². The molecule has 0 atom stereocenters. The average molecular weight is 419 g/mol. The van der Waals surface area contributed by atoms with Crippen LogP contribution in [0.15, 0.2) is 29.3 Å². The molecule has 0 aliphatic heterocycles. The molecule has 0 bridgehead atoms. The van der Waals surface area contributed by atoms with Crippen LogP contribution in [-0.2, 0) is 6.54 Å². The first-order valence-electron chi connectivity index (χ1n) is 9.06. The predicted molar refractivity (Wildman–Crippen MR) is 113 cm³/mol. The molecular weight excluding hydrogens is 402 g/mol. The first-order chi connectivity index (χ1) is 14.4. The van der Waals surface area contributed by atoms with Crippen molar-refractivity contribution in [1.29, 1.82) is 5.26 Å². The quantitative estimate of drug-likeness (QED) is 0.523. The molecule has 2 N–H and O–H groups in total. The third-order valence-electron chi connectivity index (χ3n) is 4.63. The highest BCUT2D eigenvalue weighted by Crippen LogP contribution is 2.28. The van der Waals surface area contributed by atoms with Crippen LogP contribution in [0.25, 0.3) is 10.2 Å². The maximum absolute atomic E-state index is 12.9. The van der Waals surface area contributed by atoms with E-state index in [1.54, 1.807) is 6.92 Å². The van der Waals surface area contributed by atoms with Crippen molar-refractivity contribution in [2.75, 3.05) is 5.32 Å². The summed E-state index contributed by atoms with van der Waals surface area (Å²) in [5.74, 6) is 0.124. The molecule has 1 aromatic carbocycles. The van der Waals surface area contributed by atoms with Crippen LogP contribution in [0.1, 0.15) is 38.0 Å². The Bertz CT molecular complexity index is 1390. The van der Waals surface area contributed by atoms with Gasteiger partial charge in [-0.15, -0.1) is 16.4 Å². The molecule has 10 heteroatoms. The summed E-state index contributed by atoms with van der Waals surface area (Å²) in [5.41, 5.74) is 3.07. The number of carbonyl (C=O) groups excluding carboxylic acids is 1. The fourth-order valence-corrected chi connectivity index (χ4v) is 4.28. The summed E-state index contributed by atoms with van der Waals surface area (Å²) in [5, 5.41) is 16.1. The minimum Gasteiger partial charge on any atom is -0.321 e. The number of nitrogens with one attached hydrogen (secondary N) is 2. The summed E-state index contributed by atoms with van der Waals surface area (Å²) in [4.78, 5) is 37.4. The number of rotatable bonds is 4. The maximum atomic E-state index is 12.9. The molecule has 30 heavy (non-hydrogen) atoms. The Balaban J connectivity index is 1.67. The predicted octanol–water partition coefficient (Wildman–Crippen LogP) is 2.67. The van der Waals surface area contributed by atoms with Crippen LogP contribution in [0, 0.1) is 32.1 Å². The second-order valence-electron chi connectivity index (χ2n) is 6.90. The van der Waals surface area contributed by atoms with Gasteiger partial charge in [0, 0.05) is 5.69 Å². The standard InChI is InChI=1S/C20H17N7O2S/c1-10-4-5-13(11(2)6-10)23-19(29)17-12(3)16-18(28)24-15(25-20(16)30-17)8-27-9-22-14(7-21)26-27/h4-6,9H,8H2,1-3H3,(H,23,29)(H,24,25,28). The minimum absolute atomic E-state index is 0.0377. The number of hydrogen-bond donors (Lipinski definition) is 2. The van der Waals surface area contributed by atoms with Crippen LogP contribution in [0.5, 0.6) is 0 Å². The number of amides is 1. The van der Waals surface area contributed by atoms with E-state index >= 15 is 0 Å². The number of anilines is 1. The van der Waals surface area contributed by atoms with Crippen molar-refractivity contribution in [3.8, 4) is 6.07 Å². The number of aromatic amines is 1. The van der Waals surface area contributed by atoms with Crippen LogP contribution in [0.4, 0.5) is 5.69 Å². The second-order valence-corrected chi connectivity index (χ2v) is 7.90. The van der Waals surface area contributed by atoms with Gasteiger partial charge in [-0.2, -0.15) is 5.26 Å². The van der Waals surface area contributed by atoms with E-state index in [1.807, 2.05) is 38.1 Å². The lowest BCUT2D eigenvalue weighted by Crippen LogP contribution is -2.15. The van der Waals surface area contributed by atoms with Gasteiger partial charge in [0.05, 0.1) is 10.3 Å². The number of nitrogens with zero attached hydrogens (tertiary/aromatic N) is 5. The van der Waals surface area contributed by atoms with Crippen LogP contribution >= 0.6 is 11.3 Å². The topological polar surface area (TPSA) is 129 Å². The number of benzene rings is 1. The molecule has 1 amide bonds. The van der Waals surface area contributed by atoms with Crippen molar-refractivity contribution >= 4 is 33.1 Å². The highest BCUT2D eigenvalue weighted by Gasteiger charge is 2.20. The van der Waals surface area contributed by atoms with Crippen molar-refractivity contribution < 1.29 is 4.79 Å². The van der Waals surface area contributed by atoms with Crippen LogP contribution in [0.2, 0.25) is 0 Å². The average Bonchev–Trinajstić information content (AvgIpc) is 3.28. The molecule has 3 heterocycles. The van der Waals surface area contributed by atoms with Crippen LogP contribution < -0.4 is 10.9 Å². The molecule has 0 spiro atoms. The number of carbonyl (C=O) groups is 1.